The lowest BCUT2D eigenvalue weighted by molar-refractivity contribution is 0.0315. The van der Waals surface area contributed by atoms with Crippen molar-refractivity contribution in [2.45, 2.75) is 30.5 Å². The number of ether oxygens (including phenoxy) is 1. The lowest BCUT2D eigenvalue weighted by Crippen LogP contribution is -2.22. The summed E-state index contributed by atoms with van der Waals surface area (Å²) >= 11 is 13.7. The Morgan fingerprint density at radius 3 is 2.91 bits per heavy atom. The first-order chi connectivity index (χ1) is 10.6. The molecule has 22 heavy (non-hydrogen) atoms. The first-order valence-electron chi connectivity index (χ1n) is 7.05. The second kappa shape index (κ2) is 7.08. The van der Waals surface area contributed by atoms with Crippen LogP contribution < -0.4 is 5.84 Å². The highest BCUT2D eigenvalue weighted by Gasteiger charge is 2.18. The molecule has 8 heteroatoms. The van der Waals surface area contributed by atoms with Crippen molar-refractivity contribution in [1.82, 2.24) is 14.9 Å². The molecule has 118 valence electrons. The number of halogens is 2. The maximum Gasteiger partial charge on any atom is 0.210 e. The minimum absolute atomic E-state index is 0.262. The number of benzene rings is 1. The second-order valence-corrected chi connectivity index (χ2v) is 6.93. The predicted octanol–water partition coefficient (Wildman–Crippen LogP) is 3.63. The van der Waals surface area contributed by atoms with Gasteiger partial charge in [-0.25, -0.2) is 4.68 Å². The van der Waals surface area contributed by atoms with Gasteiger partial charge in [0.05, 0.1) is 11.1 Å². The zero-order chi connectivity index (χ0) is 15.5. The minimum atomic E-state index is 0.262. The molecular weight excluding hydrogens is 343 g/mol. The molecule has 0 amide bonds. The molecule has 3 rings (SSSR count). The van der Waals surface area contributed by atoms with Crippen LogP contribution in [0, 0.1) is 0 Å². The van der Waals surface area contributed by atoms with Crippen LogP contribution in [0.15, 0.2) is 23.4 Å². The van der Waals surface area contributed by atoms with Crippen molar-refractivity contribution in [1.29, 1.82) is 0 Å². The molecule has 0 bridgehead atoms. The number of rotatable bonds is 4. The number of thioether (sulfide) groups is 1. The fourth-order valence-corrected chi connectivity index (χ4v) is 3.75. The van der Waals surface area contributed by atoms with Gasteiger partial charge in [-0.1, -0.05) is 35.0 Å². The highest BCUT2D eigenvalue weighted by Crippen LogP contribution is 2.30. The Morgan fingerprint density at radius 2 is 2.18 bits per heavy atom. The Labute approximate surface area is 143 Å². The van der Waals surface area contributed by atoms with Gasteiger partial charge in [0.2, 0.25) is 5.16 Å². The van der Waals surface area contributed by atoms with Crippen LogP contribution in [0.25, 0.3) is 11.4 Å². The molecule has 2 aromatic rings. The minimum Gasteiger partial charge on any atom is -0.377 e. The van der Waals surface area contributed by atoms with Gasteiger partial charge in [-0.2, -0.15) is 0 Å². The van der Waals surface area contributed by atoms with E-state index in [1.165, 1.54) is 11.1 Å². The highest BCUT2D eigenvalue weighted by atomic mass is 35.5. The molecule has 5 nitrogen and oxygen atoms in total. The normalized spacial score (nSPS) is 18.5. The van der Waals surface area contributed by atoms with Crippen LogP contribution in [0.5, 0.6) is 0 Å². The van der Waals surface area contributed by atoms with E-state index in [4.69, 9.17) is 33.8 Å². The summed E-state index contributed by atoms with van der Waals surface area (Å²) in [6.45, 7) is 0.839. The number of nitrogens with two attached hydrogens (primary N) is 1. The molecule has 1 saturated heterocycles. The molecule has 0 saturated carbocycles. The molecule has 2 N–H and O–H groups in total. The van der Waals surface area contributed by atoms with Crippen molar-refractivity contribution in [3.63, 3.8) is 0 Å². The van der Waals surface area contributed by atoms with Crippen LogP contribution in [-0.4, -0.2) is 33.3 Å². The summed E-state index contributed by atoms with van der Waals surface area (Å²) in [6, 6.07) is 5.20. The van der Waals surface area contributed by atoms with Crippen molar-refractivity contribution in [2.75, 3.05) is 18.2 Å². The van der Waals surface area contributed by atoms with E-state index in [9.17, 15) is 0 Å². The van der Waals surface area contributed by atoms with Crippen LogP contribution in [-0.2, 0) is 4.74 Å². The van der Waals surface area contributed by atoms with Crippen LogP contribution >= 0.6 is 35.0 Å². The van der Waals surface area contributed by atoms with Crippen molar-refractivity contribution >= 4 is 35.0 Å². The third kappa shape index (κ3) is 3.51. The Bertz CT molecular complexity index is 658. The van der Waals surface area contributed by atoms with Crippen molar-refractivity contribution in [3.05, 3.63) is 28.2 Å². The van der Waals surface area contributed by atoms with E-state index in [0.717, 1.165) is 25.2 Å². The topological polar surface area (TPSA) is 66.0 Å². The first kappa shape index (κ1) is 15.9. The predicted molar refractivity (Wildman–Crippen MR) is 89.9 cm³/mol. The molecule has 1 unspecified atom stereocenters. The van der Waals surface area contributed by atoms with E-state index < -0.39 is 0 Å². The fraction of sp³-hybridized carbons (Fsp3) is 0.429. The lowest BCUT2D eigenvalue weighted by atomic mass is 10.1. The van der Waals surface area contributed by atoms with E-state index in [1.807, 2.05) is 0 Å². The molecular formula is C14H16Cl2N4OS. The van der Waals surface area contributed by atoms with Gasteiger partial charge in [0, 0.05) is 22.9 Å². The van der Waals surface area contributed by atoms with Crippen molar-refractivity contribution in [2.24, 2.45) is 0 Å². The van der Waals surface area contributed by atoms with E-state index in [1.54, 1.807) is 30.0 Å². The fourth-order valence-electron chi connectivity index (χ4n) is 2.34. The van der Waals surface area contributed by atoms with Gasteiger partial charge in [-0.15, -0.1) is 10.2 Å². The summed E-state index contributed by atoms with van der Waals surface area (Å²) in [7, 11) is 0. The largest absolute Gasteiger partial charge is 0.377 e. The van der Waals surface area contributed by atoms with Crippen LogP contribution in [0.3, 0.4) is 0 Å². The van der Waals surface area contributed by atoms with Gasteiger partial charge in [-0.05, 0) is 37.5 Å². The average Bonchev–Trinajstić information content (AvgIpc) is 2.87. The number of nitrogen functional groups attached to an aromatic ring is 1. The van der Waals surface area contributed by atoms with Gasteiger partial charge >= 0.3 is 0 Å². The zero-order valence-corrected chi connectivity index (χ0v) is 14.2. The van der Waals surface area contributed by atoms with Gasteiger partial charge in [0.25, 0.3) is 0 Å². The third-order valence-electron chi connectivity index (χ3n) is 3.51. The van der Waals surface area contributed by atoms with E-state index in [-0.39, 0.29) is 6.10 Å². The van der Waals surface area contributed by atoms with Gasteiger partial charge in [0.1, 0.15) is 0 Å². The van der Waals surface area contributed by atoms with Crippen LogP contribution in [0.4, 0.5) is 0 Å². The Balaban J connectivity index is 1.73. The standard InChI is InChI=1S/C14H16Cl2N4OS/c15-9-4-5-11(12(16)7-9)13-18-19-14(20(13)17)22-8-10-3-1-2-6-21-10/h4-5,7,10H,1-3,6,8,17H2. The van der Waals surface area contributed by atoms with Gasteiger partial charge < -0.3 is 10.6 Å². The molecule has 2 heterocycles. The zero-order valence-electron chi connectivity index (χ0n) is 11.8. The molecule has 0 radical (unpaired) electrons. The molecule has 1 fully saturated rings. The number of nitrogens with zero attached hydrogens (tertiary/aromatic N) is 3. The summed E-state index contributed by atoms with van der Waals surface area (Å²) in [6.07, 6.45) is 3.71. The second-order valence-electron chi connectivity index (χ2n) is 5.10. The summed E-state index contributed by atoms with van der Waals surface area (Å²) in [5.41, 5.74) is 0.710. The van der Waals surface area contributed by atoms with Gasteiger partial charge in [0.15, 0.2) is 5.82 Å². The van der Waals surface area contributed by atoms with E-state index >= 15 is 0 Å². The van der Waals surface area contributed by atoms with E-state index in [2.05, 4.69) is 10.2 Å². The van der Waals surface area contributed by atoms with Gasteiger partial charge in [-0.3, -0.25) is 0 Å². The molecule has 0 spiro atoms. The molecule has 1 aliphatic rings. The number of aromatic nitrogens is 3. The summed E-state index contributed by atoms with van der Waals surface area (Å²) in [5.74, 6) is 7.44. The SMILES string of the molecule is Nn1c(SCC2CCCCO2)nnc1-c1ccc(Cl)cc1Cl. The Kier molecular flexibility index (Phi) is 5.13. The smallest absolute Gasteiger partial charge is 0.210 e. The van der Waals surface area contributed by atoms with Crippen molar-refractivity contribution in [3.8, 4) is 11.4 Å². The molecule has 1 aromatic heterocycles. The highest BCUT2D eigenvalue weighted by molar-refractivity contribution is 7.99. The molecule has 0 aliphatic carbocycles. The van der Waals surface area contributed by atoms with Crippen LogP contribution in [0.2, 0.25) is 10.0 Å². The third-order valence-corrected chi connectivity index (χ3v) is 5.13. The molecule has 1 aliphatic heterocycles. The summed E-state index contributed by atoms with van der Waals surface area (Å²) < 4.78 is 7.17. The Morgan fingerprint density at radius 1 is 1.32 bits per heavy atom. The maximum atomic E-state index is 6.20. The molecule has 1 atom stereocenters. The van der Waals surface area contributed by atoms with E-state index in [0.29, 0.717) is 26.6 Å². The quantitative estimate of drug-likeness (QED) is 0.667. The number of hydrogen-bond donors (Lipinski definition) is 1. The number of hydrogen-bond acceptors (Lipinski definition) is 5. The monoisotopic (exact) mass is 358 g/mol. The lowest BCUT2D eigenvalue weighted by Gasteiger charge is -2.21. The summed E-state index contributed by atoms with van der Waals surface area (Å²) in [5, 5.41) is 10.0. The molecule has 1 aromatic carbocycles. The van der Waals surface area contributed by atoms with Crippen molar-refractivity contribution < 1.29 is 4.74 Å². The average molecular weight is 359 g/mol. The maximum absolute atomic E-state index is 6.20. The first-order valence-corrected chi connectivity index (χ1v) is 8.79. The van der Waals surface area contributed by atoms with Crippen LogP contribution in [0.1, 0.15) is 19.3 Å². The Hall–Kier alpha value is -0.950. The summed E-state index contributed by atoms with van der Waals surface area (Å²) in [4.78, 5) is 0.